The van der Waals surface area contributed by atoms with Crippen molar-refractivity contribution < 1.29 is 9.90 Å². The molecule has 0 amide bonds. The number of hydrogen-bond acceptors (Lipinski definition) is 4. The molecule has 0 spiro atoms. The third kappa shape index (κ3) is 3.37. The number of carboxylic acid groups (broad SMARTS) is 1. The van der Waals surface area contributed by atoms with Crippen molar-refractivity contribution in [3.8, 4) is 0 Å². The predicted octanol–water partition coefficient (Wildman–Crippen LogP) is 0.791. The minimum absolute atomic E-state index is 0.0557. The summed E-state index contributed by atoms with van der Waals surface area (Å²) in [5.74, 6) is -0.839. The molecular weight excluding hydrogens is 198 g/mol. The van der Waals surface area contributed by atoms with Crippen LogP contribution in [0, 0.1) is 0 Å². The lowest BCUT2D eigenvalue weighted by Gasteiger charge is -2.06. The average Bonchev–Trinajstić information content (AvgIpc) is 2.63. The van der Waals surface area contributed by atoms with Crippen LogP contribution in [0.15, 0.2) is 22.7 Å². The third-order valence-electron chi connectivity index (χ3n) is 1.77. The molecule has 1 N–H and O–H groups in total. The van der Waals surface area contributed by atoms with Crippen LogP contribution in [0.5, 0.6) is 0 Å². The number of aryl methyl sites for hydroxylation is 1. The van der Waals surface area contributed by atoms with Gasteiger partial charge in [0, 0.05) is 7.05 Å². The highest BCUT2D eigenvalue weighted by Gasteiger charge is 2.04. The van der Waals surface area contributed by atoms with E-state index >= 15 is 0 Å². The molecule has 0 fully saturated rings. The first-order valence-electron chi connectivity index (χ1n) is 4.41. The standard InChI is InChI=1S/C8H13N5O2/c1-9-11-12(2)7-5-10-13(6-7)4-3-8(14)15/h5-6H,3-4H2,1-2H3,(H,14,15). The molecule has 0 aliphatic rings. The van der Waals surface area contributed by atoms with Gasteiger partial charge in [0.25, 0.3) is 0 Å². The summed E-state index contributed by atoms with van der Waals surface area (Å²) in [5, 5.41) is 21.5. The molecule has 0 atom stereocenters. The van der Waals surface area contributed by atoms with Gasteiger partial charge in [-0.15, -0.1) is 0 Å². The number of nitrogens with zero attached hydrogens (tertiary/aromatic N) is 5. The summed E-state index contributed by atoms with van der Waals surface area (Å²) in [6.07, 6.45) is 3.38. The number of carbonyl (C=O) groups is 1. The Balaban J connectivity index is 2.59. The van der Waals surface area contributed by atoms with E-state index in [9.17, 15) is 4.79 Å². The first-order chi connectivity index (χ1) is 7.13. The second-order valence-electron chi connectivity index (χ2n) is 2.92. The molecule has 0 unspecified atom stereocenters. The number of carboxylic acids is 1. The summed E-state index contributed by atoms with van der Waals surface area (Å²) < 4.78 is 1.56. The van der Waals surface area contributed by atoms with Gasteiger partial charge in [-0.2, -0.15) is 10.2 Å². The molecule has 7 nitrogen and oxygen atoms in total. The highest BCUT2D eigenvalue weighted by Crippen LogP contribution is 2.11. The highest BCUT2D eigenvalue weighted by molar-refractivity contribution is 5.66. The summed E-state index contributed by atoms with van der Waals surface area (Å²) in [5.41, 5.74) is 0.769. The molecule has 0 aliphatic carbocycles. The number of anilines is 1. The maximum absolute atomic E-state index is 10.3. The van der Waals surface area contributed by atoms with Gasteiger partial charge in [0.2, 0.25) is 0 Å². The number of aliphatic carboxylic acids is 1. The lowest BCUT2D eigenvalue weighted by molar-refractivity contribution is -0.137. The Kier molecular flexibility index (Phi) is 3.78. The molecule has 7 heteroatoms. The van der Waals surface area contributed by atoms with Crippen LogP contribution in [-0.2, 0) is 11.3 Å². The normalized spacial score (nSPS) is 10.8. The quantitative estimate of drug-likeness (QED) is 0.576. The maximum atomic E-state index is 10.3. The molecule has 0 saturated carbocycles. The SMILES string of the molecule is CN=NN(C)c1cnn(CCC(=O)O)c1. The topological polar surface area (TPSA) is 83.1 Å². The fraction of sp³-hybridized carbons (Fsp3) is 0.500. The molecule has 1 heterocycles. The minimum Gasteiger partial charge on any atom is -0.481 e. The van der Waals surface area contributed by atoms with Crippen LogP contribution in [0.25, 0.3) is 0 Å². The van der Waals surface area contributed by atoms with E-state index in [1.165, 1.54) is 0 Å². The number of aromatic nitrogens is 2. The average molecular weight is 211 g/mol. The molecule has 15 heavy (non-hydrogen) atoms. The van der Waals surface area contributed by atoms with Crippen molar-refractivity contribution in [2.75, 3.05) is 19.1 Å². The van der Waals surface area contributed by atoms with E-state index in [2.05, 4.69) is 15.4 Å². The molecule has 0 aromatic carbocycles. The van der Waals surface area contributed by atoms with E-state index < -0.39 is 5.97 Å². The molecule has 82 valence electrons. The van der Waals surface area contributed by atoms with E-state index in [0.29, 0.717) is 6.54 Å². The van der Waals surface area contributed by atoms with Crippen LogP contribution in [0.1, 0.15) is 6.42 Å². The largest absolute Gasteiger partial charge is 0.481 e. The van der Waals surface area contributed by atoms with Crippen LogP contribution in [0.2, 0.25) is 0 Å². The van der Waals surface area contributed by atoms with E-state index in [4.69, 9.17) is 5.11 Å². The van der Waals surface area contributed by atoms with Gasteiger partial charge in [-0.1, -0.05) is 5.22 Å². The van der Waals surface area contributed by atoms with Gasteiger partial charge in [0.05, 0.1) is 38.1 Å². The van der Waals surface area contributed by atoms with Gasteiger partial charge >= 0.3 is 5.97 Å². The Morgan fingerprint density at radius 2 is 2.47 bits per heavy atom. The Morgan fingerprint density at radius 3 is 3.07 bits per heavy atom. The Bertz CT molecular complexity index is 360. The lowest BCUT2D eigenvalue weighted by Crippen LogP contribution is -2.07. The molecule has 1 aromatic rings. The van der Waals surface area contributed by atoms with Crippen LogP contribution in [0.4, 0.5) is 5.69 Å². The predicted molar refractivity (Wildman–Crippen MR) is 53.7 cm³/mol. The fourth-order valence-electron chi connectivity index (χ4n) is 1.04. The second-order valence-corrected chi connectivity index (χ2v) is 2.92. The summed E-state index contributed by atoms with van der Waals surface area (Å²) in [6.45, 7) is 0.354. The van der Waals surface area contributed by atoms with Crippen LogP contribution >= 0.6 is 0 Å². The highest BCUT2D eigenvalue weighted by atomic mass is 16.4. The van der Waals surface area contributed by atoms with Crippen molar-refractivity contribution in [1.82, 2.24) is 9.78 Å². The molecule has 1 aromatic heterocycles. The van der Waals surface area contributed by atoms with E-state index in [0.717, 1.165) is 5.69 Å². The zero-order valence-electron chi connectivity index (χ0n) is 8.66. The molecule has 0 aliphatic heterocycles. The summed E-state index contributed by atoms with van der Waals surface area (Å²) in [7, 11) is 3.32. The van der Waals surface area contributed by atoms with Gasteiger partial charge in [-0.3, -0.25) is 9.48 Å². The molecule has 0 bridgehead atoms. The van der Waals surface area contributed by atoms with E-state index in [1.54, 1.807) is 36.2 Å². The van der Waals surface area contributed by atoms with Gasteiger partial charge < -0.3 is 5.11 Å². The smallest absolute Gasteiger partial charge is 0.305 e. The third-order valence-corrected chi connectivity index (χ3v) is 1.77. The minimum atomic E-state index is -0.839. The Morgan fingerprint density at radius 1 is 1.73 bits per heavy atom. The van der Waals surface area contributed by atoms with Crippen molar-refractivity contribution in [2.45, 2.75) is 13.0 Å². The summed E-state index contributed by atoms with van der Waals surface area (Å²) in [4.78, 5) is 10.3. The van der Waals surface area contributed by atoms with Crippen molar-refractivity contribution in [3.63, 3.8) is 0 Å². The van der Waals surface area contributed by atoms with Crippen molar-refractivity contribution >= 4 is 11.7 Å². The van der Waals surface area contributed by atoms with Gasteiger partial charge in [-0.05, 0) is 0 Å². The van der Waals surface area contributed by atoms with Crippen molar-refractivity contribution in [2.24, 2.45) is 10.3 Å². The van der Waals surface area contributed by atoms with Crippen molar-refractivity contribution in [3.05, 3.63) is 12.4 Å². The number of rotatable bonds is 5. The first-order valence-corrected chi connectivity index (χ1v) is 4.41. The summed E-state index contributed by atoms with van der Waals surface area (Å²) >= 11 is 0. The zero-order chi connectivity index (χ0) is 11.3. The van der Waals surface area contributed by atoms with Gasteiger partial charge in [0.1, 0.15) is 0 Å². The monoisotopic (exact) mass is 211 g/mol. The number of hydrogen-bond donors (Lipinski definition) is 1. The molecule has 0 radical (unpaired) electrons. The fourth-order valence-corrected chi connectivity index (χ4v) is 1.04. The maximum Gasteiger partial charge on any atom is 0.305 e. The van der Waals surface area contributed by atoms with E-state index in [1.807, 2.05) is 0 Å². The van der Waals surface area contributed by atoms with Gasteiger partial charge in [-0.25, -0.2) is 5.01 Å². The van der Waals surface area contributed by atoms with Crippen LogP contribution < -0.4 is 5.01 Å². The van der Waals surface area contributed by atoms with Gasteiger partial charge in [0.15, 0.2) is 0 Å². The zero-order valence-corrected chi connectivity index (χ0v) is 8.66. The molecular formula is C8H13N5O2. The Labute approximate surface area is 87.0 Å². The summed E-state index contributed by atoms with van der Waals surface area (Å²) in [6, 6.07) is 0. The van der Waals surface area contributed by atoms with E-state index in [-0.39, 0.29) is 6.42 Å². The molecule has 1 rings (SSSR count). The Hall–Kier alpha value is -1.92. The first kappa shape index (κ1) is 11.2. The molecule has 0 saturated heterocycles. The second kappa shape index (κ2) is 5.08. The lowest BCUT2D eigenvalue weighted by atomic mass is 10.4. The van der Waals surface area contributed by atoms with Crippen molar-refractivity contribution in [1.29, 1.82) is 0 Å². The van der Waals surface area contributed by atoms with Crippen LogP contribution in [0.3, 0.4) is 0 Å². The van der Waals surface area contributed by atoms with Crippen LogP contribution in [-0.4, -0.2) is 35.0 Å².